The standard InChI is InChI=1S/C19H23NO5/c1-24-10-11-25-9-8-18(21)20-17(13-19(22)23)16-7-6-14-4-2-3-5-15(14)12-16/h2-7,12,17H,8-11,13H2,1H3,(H,20,21)(H,22,23)/t17-/m0/s1. The highest BCUT2D eigenvalue weighted by atomic mass is 16.5. The molecule has 0 aliphatic heterocycles. The second kappa shape index (κ2) is 9.76. The van der Waals surface area contributed by atoms with E-state index in [1.807, 2.05) is 42.5 Å². The molecular formula is C19H23NO5. The maximum atomic E-state index is 12.1. The Morgan fingerprint density at radius 3 is 2.56 bits per heavy atom. The predicted octanol–water partition coefficient (Wildman–Crippen LogP) is 2.52. The summed E-state index contributed by atoms with van der Waals surface area (Å²) < 4.78 is 10.1. The van der Waals surface area contributed by atoms with E-state index in [1.165, 1.54) is 0 Å². The molecule has 0 radical (unpaired) electrons. The number of amides is 1. The topological polar surface area (TPSA) is 84.9 Å². The van der Waals surface area contributed by atoms with Gasteiger partial charge in [-0.3, -0.25) is 9.59 Å². The van der Waals surface area contributed by atoms with Crippen LogP contribution in [0.4, 0.5) is 0 Å². The molecule has 2 aromatic rings. The molecule has 0 unspecified atom stereocenters. The first-order chi connectivity index (χ1) is 12.1. The highest BCUT2D eigenvalue weighted by Gasteiger charge is 2.18. The fourth-order valence-corrected chi connectivity index (χ4v) is 2.53. The van der Waals surface area contributed by atoms with Gasteiger partial charge in [-0.1, -0.05) is 36.4 Å². The lowest BCUT2D eigenvalue weighted by atomic mass is 9.99. The molecule has 6 heteroatoms. The quantitative estimate of drug-likeness (QED) is 0.646. The van der Waals surface area contributed by atoms with Crippen LogP contribution in [0, 0.1) is 0 Å². The molecule has 2 rings (SSSR count). The second-order valence-corrected chi connectivity index (χ2v) is 5.68. The predicted molar refractivity (Wildman–Crippen MR) is 94.4 cm³/mol. The molecule has 0 saturated carbocycles. The number of benzene rings is 2. The van der Waals surface area contributed by atoms with Crippen molar-refractivity contribution in [3.8, 4) is 0 Å². The van der Waals surface area contributed by atoms with Gasteiger partial charge in [0.15, 0.2) is 0 Å². The van der Waals surface area contributed by atoms with Gasteiger partial charge in [-0.15, -0.1) is 0 Å². The third-order valence-corrected chi connectivity index (χ3v) is 3.80. The molecule has 134 valence electrons. The van der Waals surface area contributed by atoms with E-state index in [1.54, 1.807) is 7.11 Å². The molecule has 0 aliphatic rings. The molecule has 0 spiro atoms. The van der Waals surface area contributed by atoms with Crippen molar-refractivity contribution < 1.29 is 24.2 Å². The number of carbonyl (C=O) groups is 2. The first-order valence-electron chi connectivity index (χ1n) is 8.16. The van der Waals surface area contributed by atoms with E-state index >= 15 is 0 Å². The van der Waals surface area contributed by atoms with E-state index in [4.69, 9.17) is 14.6 Å². The summed E-state index contributed by atoms with van der Waals surface area (Å²) in [6, 6.07) is 12.9. The third kappa shape index (κ3) is 6.17. The van der Waals surface area contributed by atoms with Crippen LogP contribution < -0.4 is 5.32 Å². The Morgan fingerprint density at radius 1 is 1.08 bits per heavy atom. The second-order valence-electron chi connectivity index (χ2n) is 5.68. The molecule has 0 aliphatic carbocycles. The maximum absolute atomic E-state index is 12.1. The van der Waals surface area contributed by atoms with Crippen LogP contribution in [0.2, 0.25) is 0 Å². The number of aliphatic carboxylic acids is 1. The van der Waals surface area contributed by atoms with Crippen molar-refractivity contribution in [3.05, 3.63) is 48.0 Å². The Hall–Kier alpha value is -2.44. The first-order valence-corrected chi connectivity index (χ1v) is 8.16. The largest absolute Gasteiger partial charge is 0.481 e. The third-order valence-electron chi connectivity index (χ3n) is 3.80. The molecule has 0 saturated heterocycles. The Morgan fingerprint density at radius 2 is 1.84 bits per heavy atom. The molecule has 0 fully saturated rings. The van der Waals surface area contributed by atoms with Gasteiger partial charge < -0.3 is 19.9 Å². The highest BCUT2D eigenvalue weighted by Crippen LogP contribution is 2.22. The zero-order valence-electron chi connectivity index (χ0n) is 14.2. The summed E-state index contributed by atoms with van der Waals surface area (Å²) >= 11 is 0. The lowest BCUT2D eigenvalue weighted by Gasteiger charge is -2.18. The van der Waals surface area contributed by atoms with E-state index in [-0.39, 0.29) is 25.4 Å². The van der Waals surface area contributed by atoms with Crippen molar-refractivity contribution in [3.63, 3.8) is 0 Å². The average molecular weight is 345 g/mol. The van der Waals surface area contributed by atoms with Crippen LogP contribution in [-0.2, 0) is 19.1 Å². The first kappa shape index (κ1) is 18.9. The molecule has 0 aromatic heterocycles. The molecule has 6 nitrogen and oxygen atoms in total. The molecule has 0 heterocycles. The Bertz CT molecular complexity index is 716. The van der Waals surface area contributed by atoms with Crippen molar-refractivity contribution in [1.29, 1.82) is 0 Å². The number of fused-ring (bicyclic) bond motifs is 1. The van der Waals surface area contributed by atoms with E-state index in [9.17, 15) is 9.59 Å². The summed E-state index contributed by atoms with van der Waals surface area (Å²) in [6.07, 6.45) is 0.00201. The number of methoxy groups -OCH3 is 1. The van der Waals surface area contributed by atoms with Gasteiger partial charge >= 0.3 is 5.97 Å². The van der Waals surface area contributed by atoms with Crippen molar-refractivity contribution >= 4 is 22.6 Å². The summed E-state index contributed by atoms with van der Waals surface area (Å²) in [5, 5.41) is 14.0. The summed E-state index contributed by atoms with van der Waals surface area (Å²) in [7, 11) is 1.58. The van der Waals surface area contributed by atoms with Gasteiger partial charge in [0.1, 0.15) is 0 Å². The van der Waals surface area contributed by atoms with Gasteiger partial charge in [0.25, 0.3) is 0 Å². The van der Waals surface area contributed by atoms with Gasteiger partial charge in [-0.2, -0.15) is 0 Å². The molecular weight excluding hydrogens is 322 g/mol. The van der Waals surface area contributed by atoms with Crippen LogP contribution in [0.5, 0.6) is 0 Å². The van der Waals surface area contributed by atoms with Crippen molar-refractivity contribution in [1.82, 2.24) is 5.32 Å². The normalized spacial score (nSPS) is 12.0. The number of carboxylic acids is 1. The van der Waals surface area contributed by atoms with Gasteiger partial charge in [0, 0.05) is 13.5 Å². The Balaban J connectivity index is 2.01. The number of carbonyl (C=O) groups excluding carboxylic acids is 1. The van der Waals surface area contributed by atoms with Gasteiger partial charge in [-0.05, 0) is 22.4 Å². The SMILES string of the molecule is COCCOCCC(=O)N[C@@H](CC(=O)O)c1ccc2ccccc2c1. The molecule has 1 amide bonds. The zero-order chi connectivity index (χ0) is 18.1. The van der Waals surface area contributed by atoms with Gasteiger partial charge in [0.05, 0.1) is 32.3 Å². The number of nitrogens with one attached hydrogen (secondary N) is 1. The molecule has 0 bridgehead atoms. The number of carboxylic acid groups (broad SMARTS) is 1. The Kier molecular flexibility index (Phi) is 7.37. The molecule has 2 aromatic carbocycles. The number of ether oxygens (including phenoxy) is 2. The van der Waals surface area contributed by atoms with Crippen molar-refractivity contribution in [2.75, 3.05) is 26.9 Å². The summed E-state index contributed by atoms with van der Waals surface area (Å²) in [4.78, 5) is 23.3. The van der Waals surface area contributed by atoms with E-state index in [0.29, 0.717) is 13.2 Å². The molecule has 1 atom stereocenters. The smallest absolute Gasteiger partial charge is 0.305 e. The molecule has 2 N–H and O–H groups in total. The minimum Gasteiger partial charge on any atom is -0.481 e. The molecule has 25 heavy (non-hydrogen) atoms. The van der Waals surface area contributed by atoms with Gasteiger partial charge in [-0.25, -0.2) is 0 Å². The van der Waals surface area contributed by atoms with Gasteiger partial charge in [0.2, 0.25) is 5.91 Å². The van der Waals surface area contributed by atoms with Crippen LogP contribution in [0.1, 0.15) is 24.4 Å². The minimum absolute atomic E-state index is 0.172. The highest BCUT2D eigenvalue weighted by molar-refractivity contribution is 5.84. The summed E-state index contributed by atoms with van der Waals surface area (Å²) in [5.41, 5.74) is 0.773. The Labute approximate surface area is 146 Å². The van der Waals surface area contributed by atoms with E-state index in [2.05, 4.69) is 5.32 Å². The lowest BCUT2D eigenvalue weighted by molar-refractivity contribution is -0.137. The number of rotatable bonds is 10. The van der Waals surface area contributed by atoms with Crippen molar-refractivity contribution in [2.45, 2.75) is 18.9 Å². The van der Waals surface area contributed by atoms with Crippen LogP contribution in [-0.4, -0.2) is 43.9 Å². The minimum atomic E-state index is -0.963. The summed E-state index contributed by atoms with van der Waals surface area (Å²) in [6.45, 7) is 1.17. The summed E-state index contributed by atoms with van der Waals surface area (Å²) in [5.74, 6) is -1.20. The fourth-order valence-electron chi connectivity index (χ4n) is 2.53. The van der Waals surface area contributed by atoms with Crippen LogP contribution >= 0.6 is 0 Å². The van der Waals surface area contributed by atoms with Crippen molar-refractivity contribution in [2.24, 2.45) is 0 Å². The number of hydrogen-bond donors (Lipinski definition) is 2. The zero-order valence-corrected chi connectivity index (χ0v) is 14.2. The number of hydrogen-bond acceptors (Lipinski definition) is 4. The fraction of sp³-hybridized carbons (Fsp3) is 0.368. The average Bonchev–Trinajstić information content (AvgIpc) is 2.60. The maximum Gasteiger partial charge on any atom is 0.305 e. The van der Waals surface area contributed by atoms with Crippen LogP contribution in [0.25, 0.3) is 10.8 Å². The van der Waals surface area contributed by atoms with Crippen LogP contribution in [0.15, 0.2) is 42.5 Å². The monoisotopic (exact) mass is 345 g/mol. The lowest BCUT2D eigenvalue weighted by Crippen LogP contribution is -2.31. The van der Waals surface area contributed by atoms with E-state index < -0.39 is 12.0 Å². The van der Waals surface area contributed by atoms with Crippen LogP contribution in [0.3, 0.4) is 0 Å². The van der Waals surface area contributed by atoms with E-state index in [0.717, 1.165) is 16.3 Å².